The molecule has 258 valence electrons. The second-order valence-electron chi connectivity index (χ2n) is 11.7. The molecule has 0 saturated carbocycles. The molecule has 3 aromatic carbocycles. The molecule has 1 aromatic heterocycles. The lowest BCUT2D eigenvalue weighted by Gasteiger charge is -2.40. The maximum absolute atomic E-state index is 15.5. The van der Waals surface area contributed by atoms with E-state index in [1.54, 1.807) is 54.6 Å². The number of benzene rings is 3. The summed E-state index contributed by atoms with van der Waals surface area (Å²) < 4.78 is 63.7. The van der Waals surface area contributed by atoms with Crippen LogP contribution in [0.5, 0.6) is 0 Å². The number of nitrogens with zero attached hydrogens (tertiary/aromatic N) is 2. The molecule has 0 bridgehead atoms. The molecule has 1 saturated heterocycles. The summed E-state index contributed by atoms with van der Waals surface area (Å²) in [7, 11) is -2.73. The first-order chi connectivity index (χ1) is 23.5. The van der Waals surface area contributed by atoms with E-state index in [9.17, 15) is 22.4 Å². The van der Waals surface area contributed by atoms with Gasteiger partial charge < -0.3 is 20.7 Å². The zero-order valence-corrected chi connectivity index (χ0v) is 28.3. The first-order valence-corrected chi connectivity index (χ1v) is 17.4. The Morgan fingerprint density at radius 2 is 1.78 bits per heavy atom. The molecule has 0 spiro atoms. The number of rotatable bonds is 11. The van der Waals surface area contributed by atoms with Gasteiger partial charge in [-0.15, -0.1) is 0 Å². The Morgan fingerprint density at radius 3 is 2.49 bits per heavy atom. The number of halogens is 3. The molecule has 3 N–H and O–H groups in total. The lowest BCUT2D eigenvalue weighted by Crippen LogP contribution is -2.58. The average molecular weight is 712 g/mol. The number of ether oxygens (including phenoxy) is 1. The summed E-state index contributed by atoms with van der Waals surface area (Å²) in [5.41, 5.74) is 0.999. The molecule has 49 heavy (non-hydrogen) atoms. The second kappa shape index (κ2) is 15.9. The van der Waals surface area contributed by atoms with Crippen molar-refractivity contribution in [2.24, 2.45) is 0 Å². The number of piperazine rings is 1. The largest absolute Gasteiger partial charge is 0.453 e. The first kappa shape index (κ1) is 35.9. The van der Waals surface area contributed by atoms with Crippen LogP contribution in [0, 0.1) is 11.6 Å². The maximum atomic E-state index is 15.5. The Morgan fingerprint density at radius 1 is 1.02 bits per heavy atom. The van der Waals surface area contributed by atoms with E-state index >= 15 is 4.39 Å². The molecule has 4 aromatic rings. The number of sulfonamides is 1. The normalized spacial score (nSPS) is 17.9. The highest BCUT2D eigenvalue weighted by atomic mass is 35.5. The van der Waals surface area contributed by atoms with Gasteiger partial charge in [-0.25, -0.2) is 22.0 Å². The molecule has 1 fully saturated rings. The van der Waals surface area contributed by atoms with E-state index in [0.29, 0.717) is 23.7 Å². The van der Waals surface area contributed by atoms with E-state index < -0.39 is 51.7 Å². The van der Waals surface area contributed by atoms with Gasteiger partial charge in [0.05, 0.1) is 18.2 Å². The predicted octanol–water partition coefficient (Wildman–Crippen LogP) is 5.49. The number of carbonyl (C=O) groups excluding carboxylic acids is 2. The summed E-state index contributed by atoms with van der Waals surface area (Å²) in [6.45, 7) is 2.61. The van der Waals surface area contributed by atoms with Gasteiger partial charge in [-0.1, -0.05) is 48.0 Å². The minimum atomic E-state index is -3.86. The van der Waals surface area contributed by atoms with E-state index in [2.05, 4.69) is 20.9 Å². The van der Waals surface area contributed by atoms with E-state index in [1.807, 2.05) is 6.92 Å². The van der Waals surface area contributed by atoms with Gasteiger partial charge in [-0.3, -0.25) is 9.78 Å². The number of amides is 2. The van der Waals surface area contributed by atoms with E-state index in [4.69, 9.17) is 16.3 Å². The lowest BCUT2D eigenvalue weighted by atomic mass is 9.85. The van der Waals surface area contributed by atoms with Crippen LogP contribution in [0.1, 0.15) is 36.0 Å². The van der Waals surface area contributed by atoms with Crippen molar-refractivity contribution in [2.45, 2.75) is 48.7 Å². The van der Waals surface area contributed by atoms with Crippen molar-refractivity contribution in [1.29, 1.82) is 0 Å². The van der Waals surface area contributed by atoms with Gasteiger partial charge >= 0.3 is 6.09 Å². The van der Waals surface area contributed by atoms with Crippen molar-refractivity contribution in [2.75, 3.05) is 25.5 Å². The summed E-state index contributed by atoms with van der Waals surface area (Å²) >= 11 is 6.28. The molecule has 0 aliphatic carbocycles. The molecule has 2 heterocycles. The van der Waals surface area contributed by atoms with Gasteiger partial charge in [0.15, 0.2) is 0 Å². The summed E-state index contributed by atoms with van der Waals surface area (Å²) in [6.07, 6.45) is 1.75. The summed E-state index contributed by atoms with van der Waals surface area (Å²) in [4.78, 5) is 30.8. The quantitative estimate of drug-likeness (QED) is 0.188. The van der Waals surface area contributed by atoms with Crippen LogP contribution in [-0.2, 0) is 26.0 Å². The SMILES string of the molecule is COC(=O)N[C@H](C(=O)Nc1cccc(F)c1CC[C@H]1CNC[C@H](C)N1S(=O)(=O)c1ccccc1)[C@H](c1cncc(F)c1)c1cccc(Cl)c1. The predicted molar refractivity (Wildman–Crippen MR) is 182 cm³/mol. The standard InChI is InChI=1S/C35H36ClF2N5O5S/c1-22-18-39-21-27(43(22)49(46,47)28-10-4-3-5-11-28)14-15-29-30(38)12-7-13-31(29)41-34(44)33(42-35(45)48-2)32(23-8-6-9-25(36)16-23)24-17-26(37)20-40-19-24/h3-13,16-17,19-20,22,27,32-33,39H,14-15,18,21H2,1-2H3,(H,41,44)(H,42,45)/t22-,27-,32-,33-/m0/s1. The number of alkyl carbamates (subject to hydrolysis) is 1. The second-order valence-corrected chi connectivity index (χ2v) is 14.0. The third kappa shape index (κ3) is 8.42. The van der Waals surface area contributed by atoms with Gasteiger partial charge in [-0.2, -0.15) is 4.31 Å². The molecule has 2 amide bonds. The molecule has 1 aliphatic heterocycles. The maximum Gasteiger partial charge on any atom is 0.407 e. The van der Waals surface area contributed by atoms with Gasteiger partial charge in [0, 0.05) is 53.6 Å². The minimum absolute atomic E-state index is 0.0722. The number of nitrogens with one attached hydrogen (secondary N) is 3. The average Bonchev–Trinajstić information content (AvgIpc) is 3.08. The molecule has 0 radical (unpaired) electrons. The van der Waals surface area contributed by atoms with Crippen LogP contribution in [0.3, 0.4) is 0 Å². The third-order valence-corrected chi connectivity index (χ3v) is 10.7. The summed E-state index contributed by atoms with van der Waals surface area (Å²) in [6, 6.07) is 17.8. The Balaban J connectivity index is 1.46. The van der Waals surface area contributed by atoms with Crippen molar-refractivity contribution in [3.05, 3.63) is 125 Å². The van der Waals surface area contributed by atoms with Crippen molar-refractivity contribution in [3.8, 4) is 0 Å². The number of pyridine rings is 1. The fourth-order valence-electron chi connectivity index (χ4n) is 6.19. The van der Waals surface area contributed by atoms with Crippen LogP contribution in [0.15, 0.2) is 96.2 Å². The monoisotopic (exact) mass is 711 g/mol. The van der Waals surface area contributed by atoms with Crippen LogP contribution < -0.4 is 16.0 Å². The topological polar surface area (TPSA) is 130 Å². The molecular formula is C35H36ClF2N5O5S. The molecular weight excluding hydrogens is 676 g/mol. The number of hydrogen-bond acceptors (Lipinski definition) is 7. The highest BCUT2D eigenvalue weighted by Gasteiger charge is 2.38. The summed E-state index contributed by atoms with van der Waals surface area (Å²) in [5.74, 6) is -3.02. The first-order valence-electron chi connectivity index (χ1n) is 15.6. The molecule has 4 atom stereocenters. The van der Waals surface area contributed by atoms with E-state index in [1.165, 1.54) is 34.8 Å². The number of anilines is 1. The van der Waals surface area contributed by atoms with E-state index in [0.717, 1.165) is 13.3 Å². The Kier molecular flexibility index (Phi) is 11.6. The molecule has 0 unspecified atom stereocenters. The van der Waals surface area contributed by atoms with Gasteiger partial charge in [0.1, 0.15) is 17.7 Å². The molecule has 10 nitrogen and oxygen atoms in total. The minimum Gasteiger partial charge on any atom is -0.453 e. The Bertz CT molecular complexity index is 1860. The number of hydrogen-bond donors (Lipinski definition) is 3. The zero-order chi connectivity index (χ0) is 35.1. The van der Waals surface area contributed by atoms with E-state index in [-0.39, 0.29) is 40.6 Å². The fraction of sp³-hybridized carbons (Fsp3) is 0.286. The smallest absolute Gasteiger partial charge is 0.407 e. The van der Waals surface area contributed by atoms with Crippen LogP contribution in [-0.4, -0.2) is 68.0 Å². The van der Waals surface area contributed by atoms with Gasteiger partial charge in [0.25, 0.3) is 0 Å². The Hall–Kier alpha value is -4.43. The highest BCUT2D eigenvalue weighted by Crippen LogP contribution is 2.32. The van der Waals surface area contributed by atoms with Crippen molar-refractivity contribution in [1.82, 2.24) is 19.9 Å². The molecule has 5 rings (SSSR count). The fourth-order valence-corrected chi connectivity index (χ4v) is 8.25. The van der Waals surface area contributed by atoms with Crippen molar-refractivity contribution in [3.63, 3.8) is 0 Å². The van der Waals surface area contributed by atoms with Crippen molar-refractivity contribution < 1.29 is 31.5 Å². The highest BCUT2D eigenvalue weighted by molar-refractivity contribution is 7.89. The van der Waals surface area contributed by atoms with Crippen LogP contribution in [0.2, 0.25) is 5.02 Å². The Labute approximate surface area is 288 Å². The number of carbonyl (C=O) groups is 2. The molecule has 1 aliphatic rings. The lowest BCUT2D eigenvalue weighted by molar-refractivity contribution is -0.118. The number of methoxy groups -OCH3 is 1. The van der Waals surface area contributed by atoms with Crippen molar-refractivity contribution >= 4 is 39.3 Å². The van der Waals surface area contributed by atoms with Gasteiger partial charge in [0.2, 0.25) is 15.9 Å². The summed E-state index contributed by atoms with van der Waals surface area (Å²) in [5, 5.41) is 8.89. The molecule has 14 heteroatoms. The third-order valence-electron chi connectivity index (χ3n) is 8.40. The number of aromatic nitrogens is 1. The zero-order valence-electron chi connectivity index (χ0n) is 26.8. The van der Waals surface area contributed by atoms with Crippen LogP contribution >= 0.6 is 11.6 Å². The van der Waals surface area contributed by atoms with Crippen LogP contribution in [0.4, 0.5) is 19.3 Å². The van der Waals surface area contributed by atoms with Gasteiger partial charge in [-0.05, 0) is 73.4 Å². The van der Waals surface area contributed by atoms with Crippen LogP contribution in [0.25, 0.3) is 0 Å².